The summed E-state index contributed by atoms with van der Waals surface area (Å²) in [6.07, 6.45) is 5.26. The van der Waals surface area contributed by atoms with Crippen LogP contribution in [0.2, 0.25) is 0 Å². The number of nitrogens with one attached hydrogen (secondary N) is 1. The molecule has 2 N–H and O–H groups in total. The van der Waals surface area contributed by atoms with Crippen LogP contribution in [0.3, 0.4) is 0 Å². The molecule has 0 bridgehead atoms. The van der Waals surface area contributed by atoms with Gasteiger partial charge in [-0.25, -0.2) is 0 Å². The first kappa shape index (κ1) is 14.5. The molecule has 1 aromatic rings. The Morgan fingerprint density at radius 1 is 1.35 bits per heavy atom. The Hall–Kier alpha value is -1.91. The lowest BCUT2D eigenvalue weighted by Gasteiger charge is -2.16. The molecule has 1 saturated carbocycles. The van der Waals surface area contributed by atoms with E-state index in [1.807, 2.05) is 18.2 Å². The first-order valence-electron chi connectivity index (χ1n) is 7.06. The number of carboxylic acids is 1. The third-order valence-electron chi connectivity index (χ3n) is 3.87. The van der Waals surface area contributed by atoms with Crippen molar-refractivity contribution in [2.24, 2.45) is 11.8 Å². The maximum Gasteiger partial charge on any atom is 0.306 e. The monoisotopic (exact) mass is 276 g/mol. The summed E-state index contributed by atoms with van der Waals surface area (Å²) in [5.41, 5.74) is 0.895. The summed E-state index contributed by atoms with van der Waals surface area (Å²) >= 11 is 0. The molecule has 0 saturated heterocycles. The zero-order chi connectivity index (χ0) is 14.4. The highest BCUT2D eigenvalue weighted by atomic mass is 16.4. The molecule has 0 spiro atoms. The molecule has 2 unspecified atom stereocenters. The minimum absolute atomic E-state index is 0.0355. The first-order valence-corrected chi connectivity index (χ1v) is 7.06. The summed E-state index contributed by atoms with van der Waals surface area (Å²) in [5, 5.41) is 11.9. The number of aromatic nitrogens is 1. The standard InChI is InChI=1S/C15H20N2O3/c18-14(8-7-12-5-1-2-9-16-12)17-10-11-4-3-6-13(11)15(19)20/h1-2,5,9,11,13H,3-4,6-8,10H2,(H,17,18)(H,19,20). The summed E-state index contributed by atoms with van der Waals surface area (Å²) in [6.45, 7) is 0.470. The van der Waals surface area contributed by atoms with E-state index >= 15 is 0 Å². The molecule has 1 heterocycles. The maximum atomic E-state index is 11.8. The van der Waals surface area contributed by atoms with Gasteiger partial charge >= 0.3 is 5.97 Å². The molecule has 20 heavy (non-hydrogen) atoms. The number of carbonyl (C=O) groups is 2. The predicted molar refractivity (Wildman–Crippen MR) is 74.0 cm³/mol. The molecule has 5 heteroatoms. The number of nitrogens with zero attached hydrogens (tertiary/aromatic N) is 1. The lowest BCUT2D eigenvalue weighted by atomic mass is 9.96. The van der Waals surface area contributed by atoms with Crippen LogP contribution in [0.1, 0.15) is 31.4 Å². The highest BCUT2D eigenvalue weighted by Gasteiger charge is 2.32. The van der Waals surface area contributed by atoms with Gasteiger partial charge in [0.15, 0.2) is 0 Å². The van der Waals surface area contributed by atoms with E-state index in [1.165, 1.54) is 0 Å². The number of aliphatic carboxylic acids is 1. The molecule has 5 nitrogen and oxygen atoms in total. The van der Waals surface area contributed by atoms with Crippen LogP contribution in [-0.4, -0.2) is 28.5 Å². The second-order valence-electron chi connectivity index (χ2n) is 5.26. The van der Waals surface area contributed by atoms with Crippen molar-refractivity contribution in [3.05, 3.63) is 30.1 Å². The molecule has 1 amide bonds. The normalized spacial score (nSPS) is 21.6. The van der Waals surface area contributed by atoms with E-state index in [-0.39, 0.29) is 17.7 Å². The van der Waals surface area contributed by atoms with Crippen LogP contribution in [0.4, 0.5) is 0 Å². The Balaban J connectivity index is 1.71. The van der Waals surface area contributed by atoms with Gasteiger partial charge in [-0.1, -0.05) is 12.5 Å². The van der Waals surface area contributed by atoms with Crippen LogP contribution in [0.5, 0.6) is 0 Å². The van der Waals surface area contributed by atoms with Crippen LogP contribution in [0.15, 0.2) is 24.4 Å². The van der Waals surface area contributed by atoms with Crippen LogP contribution >= 0.6 is 0 Å². The van der Waals surface area contributed by atoms with E-state index in [0.29, 0.717) is 19.4 Å². The summed E-state index contributed by atoms with van der Waals surface area (Å²) in [6, 6.07) is 5.64. The average Bonchev–Trinajstić information content (AvgIpc) is 2.92. The minimum Gasteiger partial charge on any atom is -0.481 e. The third kappa shape index (κ3) is 4.05. The number of hydrogen-bond donors (Lipinski definition) is 2. The zero-order valence-corrected chi connectivity index (χ0v) is 11.4. The number of aryl methyl sites for hydroxylation is 1. The van der Waals surface area contributed by atoms with Crippen molar-refractivity contribution >= 4 is 11.9 Å². The fourth-order valence-corrected chi connectivity index (χ4v) is 2.73. The van der Waals surface area contributed by atoms with Crippen molar-refractivity contribution in [2.75, 3.05) is 6.54 Å². The van der Waals surface area contributed by atoms with Crippen molar-refractivity contribution in [3.63, 3.8) is 0 Å². The van der Waals surface area contributed by atoms with Crippen molar-refractivity contribution in [2.45, 2.75) is 32.1 Å². The lowest BCUT2D eigenvalue weighted by molar-refractivity contribution is -0.143. The van der Waals surface area contributed by atoms with Crippen LogP contribution in [0.25, 0.3) is 0 Å². The number of rotatable bonds is 6. The molecule has 0 radical (unpaired) electrons. The molecule has 2 rings (SSSR count). The quantitative estimate of drug-likeness (QED) is 0.827. The Labute approximate surface area is 118 Å². The summed E-state index contributed by atoms with van der Waals surface area (Å²) < 4.78 is 0. The Morgan fingerprint density at radius 2 is 2.20 bits per heavy atom. The highest BCUT2D eigenvalue weighted by Crippen LogP contribution is 2.31. The van der Waals surface area contributed by atoms with Gasteiger partial charge in [-0.15, -0.1) is 0 Å². The summed E-state index contributed by atoms with van der Waals surface area (Å²) in [4.78, 5) is 27.0. The van der Waals surface area contributed by atoms with Gasteiger partial charge < -0.3 is 10.4 Å². The molecule has 1 fully saturated rings. The molecule has 1 aliphatic rings. The molecule has 0 aliphatic heterocycles. The van der Waals surface area contributed by atoms with Gasteiger partial charge in [0.05, 0.1) is 5.92 Å². The average molecular weight is 276 g/mol. The SMILES string of the molecule is O=C(CCc1ccccn1)NCC1CCCC1C(=O)O. The van der Waals surface area contributed by atoms with Gasteiger partial charge in [0.1, 0.15) is 0 Å². The van der Waals surface area contributed by atoms with Crippen LogP contribution < -0.4 is 5.32 Å². The van der Waals surface area contributed by atoms with Gasteiger partial charge in [0.25, 0.3) is 0 Å². The fraction of sp³-hybridized carbons (Fsp3) is 0.533. The van der Waals surface area contributed by atoms with Crippen molar-refractivity contribution in [1.29, 1.82) is 0 Å². The first-order chi connectivity index (χ1) is 9.66. The second kappa shape index (κ2) is 7.03. The lowest BCUT2D eigenvalue weighted by Crippen LogP contribution is -2.33. The topological polar surface area (TPSA) is 79.3 Å². The number of carbonyl (C=O) groups excluding carboxylic acids is 1. The van der Waals surface area contributed by atoms with Gasteiger partial charge in [0.2, 0.25) is 5.91 Å². The fourth-order valence-electron chi connectivity index (χ4n) is 2.73. The second-order valence-corrected chi connectivity index (χ2v) is 5.26. The summed E-state index contributed by atoms with van der Waals surface area (Å²) in [7, 11) is 0. The summed E-state index contributed by atoms with van der Waals surface area (Å²) in [5.74, 6) is -1.00. The van der Waals surface area contributed by atoms with E-state index in [1.54, 1.807) is 6.20 Å². The van der Waals surface area contributed by atoms with Crippen molar-refractivity contribution in [1.82, 2.24) is 10.3 Å². The molecule has 108 valence electrons. The predicted octanol–water partition coefficient (Wildman–Crippen LogP) is 1.63. The van der Waals surface area contributed by atoms with E-state index < -0.39 is 5.97 Å². The van der Waals surface area contributed by atoms with Crippen LogP contribution in [-0.2, 0) is 16.0 Å². The zero-order valence-electron chi connectivity index (χ0n) is 11.4. The van der Waals surface area contributed by atoms with E-state index in [2.05, 4.69) is 10.3 Å². The van der Waals surface area contributed by atoms with Gasteiger partial charge in [-0.3, -0.25) is 14.6 Å². The smallest absolute Gasteiger partial charge is 0.306 e. The third-order valence-corrected chi connectivity index (χ3v) is 3.87. The molecule has 2 atom stereocenters. The molecule has 1 aliphatic carbocycles. The Bertz CT molecular complexity index is 461. The Morgan fingerprint density at radius 3 is 2.90 bits per heavy atom. The Kier molecular flexibility index (Phi) is 5.09. The molecule has 0 aromatic carbocycles. The number of hydrogen-bond acceptors (Lipinski definition) is 3. The number of pyridine rings is 1. The van der Waals surface area contributed by atoms with Gasteiger partial charge in [-0.05, 0) is 37.3 Å². The maximum absolute atomic E-state index is 11.8. The largest absolute Gasteiger partial charge is 0.481 e. The van der Waals surface area contributed by atoms with E-state index in [4.69, 9.17) is 5.11 Å². The minimum atomic E-state index is -0.741. The van der Waals surface area contributed by atoms with Crippen molar-refractivity contribution < 1.29 is 14.7 Å². The van der Waals surface area contributed by atoms with Crippen molar-refractivity contribution in [3.8, 4) is 0 Å². The molecular formula is C15H20N2O3. The van der Waals surface area contributed by atoms with E-state index in [9.17, 15) is 9.59 Å². The van der Waals surface area contributed by atoms with Gasteiger partial charge in [-0.2, -0.15) is 0 Å². The molecule has 1 aromatic heterocycles. The van der Waals surface area contributed by atoms with E-state index in [0.717, 1.165) is 25.0 Å². The number of carboxylic acid groups (broad SMARTS) is 1. The number of amides is 1. The van der Waals surface area contributed by atoms with Gasteiger partial charge in [0, 0.05) is 24.9 Å². The molecular weight excluding hydrogens is 256 g/mol. The van der Waals surface area contributed by atoms with Crippen LogP contribution in [0, 0.1) is 11.8 Å². The highest BCUT2D eigenvalue weighted by molar-refractivity contribution is 5.76.